The summed E-state index contributed by atoms with van der Waals surface area (Å²) in [5.41, 5.74) is 18.6. The van der Waals surface area contributed by atoms with Gasteiger partial charge in [-0.1, -0.05) is 6.92 Å². The van der Waals surface area contributed by atoms with Gasteiger partial charge in [0.2, 0.25) is 0 Å². The summed E-state index contributed by atoms with van der Waals surface area (Å²) < 4.78 is 0. The highest BCUT2D eigenvalue weighted by Gasteiger charge is 2.26. The van der Waals surface area contributed by atoms with Gasteiger partial charge in [0.1, 0.15) is 0 Å². The van der Waals surface area contributed by atoms with Crippen molar-refractivity contribution in [1.29, 1.82) is 0 Å². The van der Waals surface area contributed by atoms with Crippen molar-refractivity contribution in [3.05, 3.63) is 47.5 Å². The Balaban J connectivity index is 1.24. The molecular weight excluding hydrogens is 396 g/mol. The quantitative estimate of drug-likeness (QED) is 0.476. The third-order valence-electron chi connectivity index (χ3n) is 7.23. The molecule has 2 aromatic carbocycles. The number of anilines is 4. The number of hydrogen-bond acceptors (Lipinski definition) is 6. The van der Waals surface area contributed by atoms with Crippen molar-refractivity contribution < 1.29 is 0 Å². The molecule has 174 valence electrons. The van der Waals surface area contributed by atoms with Crippen LogP contribution in [0, 0.1) is 13.8 Å². The van der Waals surface area contributed by atoms with Crippen LogP contribution in [0.5, 0.6) is 0 Å². The molecule has 2 aromatic rings. The van der Waals surface area contributed by atoms with Crippen molar-refractivity contribution in [2.24, 2.45) is 0 Å². The van der Waals surface area contributed by atoms with Crippen molar-refractivity contribution in [3.63, 3.8) is 0 Å². The van der Waals surface area contributed by atoms with Gasteiger partial charge in [-0.25, -0.2) is 0 Å². The Morgan fingerprint density at radius 1 is 0.875 bits per heavy atom. The molecule has 0 radical (unpaired) electrons. The Morgan fingerprint density at radius 3 is 1.94 bits per heavy atom. The molecule has 0 spiro atoms. The fraction of sp³-hybridized carbons (Fsp3) is 0.538. The van der Waals surface area contributed by atoms with Crippen molar-refractivity contribution in [2.75, 3.05) is 54.0 Å². The van der Waals surface area contributed by atoms with Crippen LogP contribution < -0.4 is 31.9 Å². The molecule has 6 nitrogen and oxygen atoms in total. The van der Waals surface area contributed by atoms with Gasteiger partial charge in [-0.3, -0.25) is 0 Å². The number of nitrogen functional groups attached to an aromatic ring is 2. The van der Waals surface area contributed by atoms with Crippen molar-refractivity contribution >= 4 is 22.7 Å². The number of rotatable bonds is 8. The van der Waals surface area contributed by atoms with E-state index in [0.717, 1.165) is 61.6 Å². The monoisotopic (exact) mass is 436 g/mol. The average molecular weight is 437 g/mol. The minimum absolute atomic E-state index is 0.501. The van der Waals surface area contributed by atoms with Crippen LogP contribution in [0.3, 0.4) is 0 Å². The van der Waals surface area contributed by atoms with Crippen LogP contribution in [0.1, 0.15) is 37.3 Å². The number of hydrogen-bond donors (Lipinski definition) is 4. The highest BCUT2D eigenvalue weighted by molar-refractivity contribution is 5.59. The molecule has 0 aromatic heterocycles. The van der Waals surface area contributed by atoms with Crippen LogP contribution in [0.4, 0.5) is 22.7 Å². The molecule has 3 unspecified atom stereocenters. The van der Waals surface area contributed by atoms with Gasteiger partial charge in [0.25, 0.3) is 0 Å². The van der Waals surface area contributed by atoms with Gasteiger partial charge in [0, 0.05) is 73.6 Å². The van der Waals surface area contributed by atoms with Crippen molar-refractivity contribution in [3.8, 4) is 0 Å². The third kappa shape index (κ3) is 5.30. The molecule has 6 heteroatoms. The number of benzene rings is 2. The number of nitrogens with one attached hydrogen (secondary N) is 2. The van der Waals surface area contributed by atoms with E-state index < -0.39 is 0 Å². The minimum atomic E-state index is 0.501. The first-order valence-electron chi connectivity index (χ1n) is 12.1. The first-order chi connectivity index (χ1) is 15.4. The Hall–Kier alpha value is -2.44. The Kier molecular flexibility index (Phi) is 7.11. The molecule has 2 aliphatic heterocycles. The molecule has 0 saturated carbocycles. The fourth-order valence-corrected chi connectivity index (χ4v) is 4.97. The number of nitrogens with two attached hydrogens (primary N) is 2. The molecule has 32 heavy (non-hydrogen) atoms. The highest BCUT2D eigenvalue weighted by Crippen LogP contribution is 2.25. The van der Waals surface area contributed by atoms with E-state index in [4.69, 9.17) is 11.5 Å². The standard InChI is InChI=1S/C26H40N6/c1-4-20(30-22-10-12-32(17-22)24-6-8-26(28)19(3)14-24)15-29-21-9-11-31(16-21)23-5-7-25(27)18(2)13-23/h5-8,13-14,20-22,29-30H,4,9-12,15-17,27-28H2,1-3H3. The Morgan fingerprint density at radius 2 is 1.41 bits per heavy atom. The second-order valence-electron chi connectivity index (χ2n) is 9.63. The molecule has 3 atom stereocenters. The summed E-state index contributed by atoms with van der Waals surface area (Å²) in [6.07, 6.45) is 3.51. The molecule has 6 N–H and O–H groups in total. The molecule has 0 aliphatic carbocycles. The van der Waals surface area contributed by atoms with Gasteiger partial charge < -0.3 is 31.9 Å². The largest absolute Gasteiger partial charge is 0.399 e. The normalized spacial score (nSPS) is 22.0. The first-order valence-corrected chi connectivity index (χ1v) is 12.1. The predicted octanol–water partition coefficient (Wildman–Crippen LogP) is 3.28. The van der Waals surface area contributed by atoms with E-state index in [9.17, 15) is 0 Å². The lowest BCUT2D eigenvalue weighted by Gasteiger charge is -2.25. The molecular formula is C26H40N6. The molecule has 2 saturated heterocycles. The van der Waals surface area contributed by atoms with Crippen LogP contribution in [0.15, 0.2) is 36.4 Å². The topological polar surface area (TPSA) is 82.6 Å². The van der Waals surface area contributed by atoms with Crippen LogP contribution >= 0.6 is 0 Å². The summed E-state index contributed by atoms with van der Waals surface area (Å²) in [7, 11) is 0. The van der Waals surface area contributed by atoms with E-state index in [-0.39, 0.29) is 0 Å². The maximum Gasteiger partial charge on any atom is 0.0370 e. The summed E-state index contributed by atoms with van der Waals surface area (Å²) >= 11 is 0. The van der Waals surface area contributed by atoms with Crippen molar-refractivity contribution in [2.45, 2.75) is 58.2 Å². The maximum absolute atomic E-state index is 5.99. The van der Waals surface area contributed by atoms with Gasteiger partial charge in [-0.05, 0) is 80.6 Å². The van der Waals surface area contributed by atoms with Gasteiger partial charge in [0.15, 0.2) is 0 Å². The maximum atomic E-state index is 5.99. The molecule has 2 aliphatic rings. The number of nitrogens with zero attached hydrogens (tertiary/aromatic N) is 2. The Labute approximate surface area is 193 Å². The van der Waals surface area contributed by atoms with Crippen LogP contribution in [0.2, 0.25) is 0 Å². The van der Waals surface area contributed by atoms with E-state index in [1.165, 1.54) is 24.2 Å². The van der Waals surface area contributed by atoms with Crippen LogP contribution in [-0.2, 0) is 0 Å². The molecule has 2 fully saturated rings. The zero-order valence-corrected chi connectivity index (χ0v) is 19.9. The zero-order valence-electron chi connectivity index (χ0n) is 19.9. The summed E-state index contributed by atoms with van der Waals surface area (Å²) in [5, 5.41) is 7.75. The zero-order chi connectivity index (χ0) is 22.7. The highest BCUT2D eigenvalue weighted by atomic mass is 15.2. The van der Waals surface area contributed by atoms with Gasteiger partial charge in [-0.2, -0.15) is 0 Å². The molecule has 0 bridgehead atoms. The smallest absolute Gasteiger partial charge is 0.0370 e. The van der Waals surface area contributed by atoms with Crippen LogP contribution in [-0.4, -0.2) is 50.8 Å². The molecule has 2 heterocycles. The lowest BCUT2D eigenvalue weighted by Crippen LogP contribution is -2.47. The van der Waals surface area contributed by atoms with E-state index in [1.807, 2.05) is 12.1 Å². The molecule has 4 rings (SSSR count). The minimum Gasteiger partial charge on any atom is -0.399 e. The van der Waals surface area contributed by atoms with Gasteiger partial charge in [0.05, 0.1) is 0 Å². The summed E-state index contributed by atoms with van der Waals surface area (Å²) in [6, 6.07) is 14.4. The van der Waals surface area contributed by atoms with E-state index >= 15 is 0 Å². The Bertz CT molecular complexity index is 913. The van der Waals surface area contributed by atoms with Gasteiger partial charge >= 0.3 is 0 Å². The summed E-state index contributed by atoms with van der Waals surface area (Å²) in [5.74, 6) is 0. The second kappa shape index (κ2) is 10.0. The lowest BCUT2D eigenvalue weighted by atomic mass is 10.1. The second-order valence-corrected chi connectivity index (χ2v) is 9.63. The summed E-state index contributed by atoms with van der Waals surface area (Å²) in [4.78, 5) is 4.95. The first kappa shape index (κ1) is 22.7. The van der Waals surface area contributed by atoms with E-state index in [2.05, 4.69) is 65.5 Å². The number of aryl methyl sites for hydroxylation is 2. The van der Waals surface area contributed by atoms with E-state index in [0.29, 0.717) is 18.1 Å². The third-order valence-corrected chi connectivity index (χ3v) is 7.23. The van der Waals surface area contributed by atoms with Gasteiger partial charge in [-0.15, -0.1) is 0 Å². The predicted molar refractivity (Wildman–Crippen MR) is 138 cm³/mol. The summed E-state index contributed by atoms with van der Waals surface area (Å²) in [6.45, 7) is 11.8. The average Bonchev–Trinajstić information content (AvgIpc) is 3.45. The van der Waals surface area contributed by atoms with Crippen molar-refractivity contribution in [1.82, 2.24) is 10.6 Å². The molecule has 0 amide bonds. The fourth-order valence-electron chi connectivity index (χ4n) is 4.97. The van der Waals surface area contributed by atoms with Crippen LogP contribution in [0.25, 0.3) is 0 Å². The lowest BCUT2D eigenvalue weighted by molar-refractivity contribution is 0.395. The van der Waals surface area contributed by atoms with E-state index in [1.54, 1.807) is 0 Å². The SMILES string of the molecule is CCC(CNC1CCN(c2ccc(N)c(C)c2)C1)NC1CCN(c2ccc(N)c(C)c2)C1.